The minimum absolute atomic E-state index is 0.484. The van der Waals surface area contributed by atoms with Crippen molar-refractivity contribution in [2.75, 3.05) is 0 Å². The molecule has 1 fully saturated rings. The van der Waals surface area contributed by atoms with Gasteiger partial charge in [-0.3, -0.25) is 4.68 Å². The summed E-state index contributed by atoms with van der Waals surface area (Å²) in [6.45, 7) is 5.70. The van der Waals surface area contributed by atoms with Crippen LogP contribution in [0.25, 0.3) is 0 Å². The van der Waals surface area contributed by atoms with Gasteiger partial charge in [-0.1, -0.05) is 0 Å². The third-order valence-electron chi connectivity index (χ3n) is 2.96. The molecule has 0 unspecified atom stereocenters. The Morgan fingerprint density at radius 2 is 2.27 bits per heavy atom. The highest BCUT2D eigenvalue weighted by Crippen LogP contribution is 2.26. The van der Waals surface area contributed by atoms with Crippen molar-refractivity contribution in [3.05, 3.63) is 15.9 Å². The molecular formula is C11H17BrN2O. The second-order valence-corrected chi connectivity index (χ2v) is 4.82. The summed E-state index contributed by atoms with van der Waals surface area (Å²) < 4.78 is 8.92. The van der Waals surface area contributed by atoms with E-state index in [0.717, 1.165) is 16.7 Å². The molecule has 0 aromatic carbocycles. The van der Waals surface area contributed by atoms with Gasteiger partial charge in [-0.2, -0.15) is 5.10 Å². The van der Waals surface area contributed by atoms with Gasteiger partial charge in [0, 0.05) is 6.54 Å². The molecule has 0 atom stereocenters. The van der Waals surface area contributed by atoms with E-state index in [1.54, 1.807) is 0 Å². The second-order valence-electron chi connectivity index (χ2n) is 4.03. The van der Waals surface area contributed by atoms with Crippen molar-refractivity contribution < 1.29 is 4.74 Å². The molecule has 1 aromatic rings. The van der Waals surface area contributed by atoms with Gasteiger partial charge in [-0.05, 0) is 49.0 Å². The Balaban J connectivity index is 2.04. The van der Waals surface area contributed by atoms with Crippen LogP contribution in [-0.4, -0.2) is 15.9 Å². The minimum atomic E-state index is 0.484. The summed E-state index contributed by atoms with van der Waals surface area (Å²) in [6.07, 6.45) is 4.24. The van der Waals surface area contributed by atoms with Crippen LogP contribution in [0.1, 0.15) is 37.6 Å². The number of aryl methyl sites for hydroxylation is 2. The number of rotatable bonds is 4. The highest BCUT2D eigenvalue weighted by atomic mass is 79.9. The third kappa shape index (κ3) is 2.26. The summed E-state index contributed by atoms with van der Waals surface area (Å²) >= 11 is 3.57. The van der Waals surface area contributed by atoms with E-state index in [0.29, 0.717) is 12.7 Å². The van der Waals surface area contributed by atoms with E-state index in [4.69, 9.17) is 4.74 Å². The molecule has 15 heavy (non-hydrogen) atoms. The first-order chi connectivity index (χ1) is 7.22. The summed E-state index contributed by atoms with van der Waals surface area (Å²) in [7, 11) is 0. The van der Waals surface area contributed by atoms with Crippen LogP contribution < -0.4 is 0 Å². The summed E-state index contributed by atoms with van der Waals surface area (Å²) in [5, 5.41) is 4.44. The fraction of sp³-hybridized carbons (Fsp3) is 0.727. The van der Waals surface area contributed by atoms with Crippen molar-refractivity contribution in [3.63, 3.8) is 0 Å². The summed E-state index contributed by atoms with van der Waals surface area (Å²) in [5.41, 5.74) is 2.21. The molecule has 1 aromatic heterocycles. The Bertz CT molecular complexity index is 345. The fourth-order valence-electron chi connectivity index (χ4n) is 1.74. The zero-order valence-corrected chi connectivity index (χ0v) is 10.9. The molecule has 1 saturated carbocycles. The van der Waals surface area contributed by atoms with Crippen LogP contribution in [0.2, 0.25) is 0 Å². The van der Waals surface area contributed by atoms with Crippen molar-refractivity contribution in [1.82, 2.24) is 9.78 Å². The molecule has 0 radical (unpaired) electrons. The van der Waals surface area contributed by atoms with Crippen LogP contribution in [0.5, 0.6) is 0 Å². The molecule has 3 nitrogen and oxygen atoms in total. The van der Waals surface area contributed by atoms with E-state index in [2.05, 4.69) is 28.0 Å². The molecule has 1 aliphatic rings. The van der Waals surface area contributed by atoms with Gasteiger partial charge in [-0.15, -0.1) is 0 Å². The summed E-state index contributed by atoms with van der Waals surface area (Å²) in [4.78, 5) is 0. The number of hydrogen-bond donors (Lipinski definition) is 0. The molecule has 0 bridgehead atoms. The van der Waals surface area contributed by atoms with Crippen LogP contribution in [0.4, 0.5) is 0 Å². The maximum atomic E-state index is 5.81. The molecule has 0 spiro atoms. The first-order valence-corrected chi connectivity index (χ1v) is 6.35. The van der Waals surface area contributed by atoms with Gasteiger partial charge in [0.25, 0.3) is 0 Å². The zero-order chi connectivity index (χ0) is 10.8. The Labute approximate surface area is 98.9 Å². The van der Waals surface area contributed by atoms with Crippen LogP contribution in [0, 0.1) is 6.92 Å². The van der Waals surface area contributed by atoms with Gasteiger partial charge < -0.3 is 4.74 Å². The maximum Gasteiger partial charge on any atom is 0.0900 e. The van der Waals surface area contributed by atoms with Crippen molar-refractivity contribution in [1.29, 1.82) is 0 Å². The standard InChI is InChI=1S/C11H17BrN2O/c1-3-14-10(11(12)8(2)13-14)7-15-9-5-4-6-9/h9H,3-7H2,1-2H3. The van der Waals surface area contributed by atoms with Crippen molar-refractivity contribution >= 4 is 15.9 Å². The van der Waals surface area contributed by atoms with Crippen LogP contribution in [-0.2, 0) is 17.9 Å². The molecule has 0 amide bonds. The quantitative estimate of drug-likeness (QED) is 0.843. The van der Waals surface area contributed by atoms with E-state index < -0.39 is 0 Å². The molecular weight excluding hydrogens is 256 g/mol. The molecule has 1 aliphatic carbocycles. The van der Waals surface area contributed by atoms with Crippen molar-refractivity contribution in [3.8, 4) is 0 Å². The topological polar surface area (TPSA) is 27.1 Å². The van der Waals surface area contributed by atoms with E-state index in [1.165, 1.54) is 25.0 Å². The zero-order valence-electron chi connectivity index (χ0n) is 9.29. The van der Waals surface area contributed by atoms with Gasteiger partial charge in [-0.25, -0.2) is 0 Å². The lowest BCUT2D eigenvalue weighted by Gasteiger charge is -2.25. The van der Waals surface area contributed by atoms with Gasteiger partial charge in [0.15, 0.2) is 0 Å². The Morgan fingerprint density at radius 3 is 2.80 bits per heavy atom. The SMILES string of the molecule is CCn1nc(C)c(Br)c1COC1CCC1. The molecule has 1 heterocycles. The molecule has 84 valence electrons. The lowest BCUT2D eigenvalue weighted by atomic mass is 9.96. The number of halogens is 1. The molecule has 2 rings (SSSR count). The first kappa shape index (κ1) is 11.1. The molecule has 0 aliphatic heterocycles. The molecule has 0 N–H and O–H groups in total. The third-order valence-corrected chi connectivity index (χ3v) is 3.99. The smallest absolute Gasteiger partial charge is 0.0900 e. The minimum Gasteiger partial charge on any atom is -0.372 e. The Hall–Kier alpha value is -0.350. The van der Waals surface area contributed by atoms with Gasteiger partial charge in [0.1, 0.15) is 0 Å². The number of hydrogen-bond acceptors (Lipinski definition) is 2. The summed E-state index contributed by atoms with van der Waals surface area (Å²) in [6, 6.07) is 0. The van der Waals surface area contributed by atoms with Crippen LogP contribution in [0.15, 0.2) is 4.47 Å². The Kier molecular flexibility index (Phi) is 3.46. The van der Waals surface area contributed by atoms with Gasteiger partial charge >= 0.3 is 0 Å². The molecule has 0 saturated heterocycles. The number of nitrogens with zero attached hydrogens (tertiary/aromatic N) is 2. The van der Waals surface area contributed by atoms with E-state index >= 15 is 0 Å². The average Bonchev–Trinajstić information content (AvgIpc) is 2.42. The van der Waals surface area contributed by atoms with Gasteiger partial charge in [0.2, 0.25) is 0 Å². The highest BCUT2D eigenvalue weighted by Gasteiger charge is 2.20. The number of aromatic nitrogens is 2. The Morgan fingerprint density at radius 1 is 1.53 bits per heavy atom. The maximum absolute atomic E-state index is 5.81. The predicted molar refractivity (Wildman–Crippen MR) is 62.8 cm³/mol. The predicted octanol–water partition coefficient (Wildman–Crippen LogP) is 3.04. The normalized spacial score (nSPS) is 16.7. The second kappa shape index (κ2) is 4.66. The van der Waals surface area contributed by atoms with Crippen LogP contribution >= 0.6 is 15.9 Å². The van der Waals surface area contributed by atoms with Crippen molar-refractivity contribution in [2.24, 2.45) is 0 Å². The number of ether oxygens (including phenoxy) is 1. The summed E-state index contributed by atoms with van der Waals surface area (Å²) in [5.74, 6) is 0. The first-order valence-electron chi connectivity index (χ1n) is 5.55. The van der Waals surface area contributed by atoms with E-state index in [9.17, 15) is 0 Å². The molecule has 4 heteroatoms. The fourth-order valence-corrected chi connectivity index (χ4v) is 2.14. The van der Waals surface area contributed by atoms with E-state index in [-0.39, 0.29) is 0 Å². The van der Waals surface area contributed by atoms with E-state index in [1.807, 2.05) is 11.6 Å². The van der Waals surface area contributed by atoms with Crippen LogP contribution in [0.3, 0.4) is 0 Å². The van der Waals surface area contributed by atoms with Crippen molar-refractivity contribution in [2.45, 2.75) is 52.4 Å². The highest BCUT2D eigenvalue weighted by molar-refractivity contribution is 9.10. The monoisotopic (exact) mass is 272 g/mol. The largest absolute Gasteiger partial charge is 0.372 e. The lowest BCUT2D eigenvalue weighted by molar-refractivity contribution is -0.0118. The lowest BCUT2D eigenvalue weighted by Crippen LogP contribution is -2.22. The average molecular weight is 273 g/mol. The van der Waals surface area contributed by atoms with Gasteiger partial charge in [0.05, 0.1) is 28.6 Å².